The predicted octanol–water partition coefficient (Wildman–Crippen LogP) is 0.587. The number of aliphatic hydroxyl groups is 1. The van der Waals surface area contributed by atoms with Gasteiger partial charge in [0.15, 0.2) is 0 Å². The molecule has 0 aromatic heterocycles. The van der Waals surface area contributed by atoms with Gasteiger partial charge in [-0.1, -0.05) is 0 Å². The van der Waals surface area contributed by atoms with E-state index in [0.717, 1.165) is 25.7 Å². The largest absolute Gasteiger partial charge is 0.374 e. The Kier molecular flexibility index (Phi) is 1.67. The second-order valence-electron chi connectivity index (χ2n) is 3.83. The van der Waals surface area contributed by atoms with Crippen molar-refractivity contribution in [1.29, 1.82) is 0 Å². The summed E-state index contributed by atoms with van der Waals surface area (Å²) in [6.45, 7) is 0. The topological polar surface area (TPSA) is 49.5 Å². The first-order valence-electron chi connectivity index (χ1n) is 4.49. The Labute approximate surface area is 67.1 Å². The average molecular weight is 156 g/mol. The molecule has 3 heteroatoms. The van der Waals surface area contributed by atoms with Gasteiger partial charge < -0.3 is 5.11 Å². The van der Waals surface area contributed by atoms with Gasteiger partial charge in [0.05, 0.1) is 0 Å². The molecule has 2 fully saturated rings. The van der Waals surface area contributed by atoms with Crippen LogP contribution in [-0.2, 0) is 0 Å². The lowest BCUT2D eigenvalue weighted by molar-refractivity contribution is -0.182. The SMILES string of the molecule is NN1C2CCCC1(O)CCC2. The van der Waals surface area contributed by atoms with E-state index in [4.69, 9.17) is 5.84 Å². The minimum atomic E-state index is -0.652. The van der Waals surface area contributed by atoms with Gasteiger partial charge in [-0.15, -0.1) is 0 Å². The van der Waals surface area contributed by atoms with E-state index in [9.17, 15) is 5.11 Å². The van der Waals surface area contributed by atoms with Crippen LogP contribution in [0.25, 0.3) is 0 Å². The van der Waals surface area contributed by atoms with Crippen LogP contribution in [0.5, 0.6) is 0 Å². The van der Waals surface area contributed by atoms with Crippen molar-refractivity contribution in [2.75, 3.05) is 0 Å². The first-order chi connectivity index (χ1) is 5.22. The molecule has 11 heavy (non-hydrogen) atoms. The average Bonchev–Trinajstić information content (AvgIpc) is 1.93. The Morgan fingerprint density at radius 1 is 1.27 bits per heavy atom. The van der Waals surface area contributed by atoms with E-state index in [1.165, 1.54) is 12.8 Å². The first-order valence-corrected chi connectivity index (χ1v) is 4.49. The molecule has 0 aromatic carbocycles. The number of rotatable bonds is 0. The van der Waals surface area contributed by atoms with E-state index >= 15 is 0 Å². The van der Waals surface area contributed by atoms with Crippen molar-refractivity contribution in [2.24, 2.45) is 5.84 Å². The van der Waals surface area contributed by atoms with Gasteiger partial charge in [-0.25, -0.2) is 5.01 Å². The van der Waals surface area contributed by atoms with Crippen LogP contribution in [0.4, 0.5) is 0 Å². The third-order valence-electron chi connectivity index (χ3n) is 3.10. The molecule has 0 atom stereocenters. The summed E-state index contributed by atoms with van der Waals surface area (Å²) < 4.78 is 0. The molecule has 0 aromatic rings. The summed E-state index contributed by atoms with van der Waals surface area (Å²) in [5.74, 6) is 5.80. The first kappa shape index (κ1) is 7.53. The lowest BCUT2D eigenvalue weighted by Crippen LogP contribution is -2.62. The van der Waals surface area contributed by atoms with Crippen LogP contribution in [0.15, 0.2) is 0 Å². The van der Waals surface area contributed by atoms with Gasteiger partial charge in [0, 0.05) is 6.04 Å². The molecule has 2 rings (SSSR count). The van der Waals surface area contributed by atoms with E-state index in [0.29, 0.717) is 6.04 Å². The van der Waals surface area contributed by atoms with Crippen molar-refractivity contribution < 1.29 is 5.11 Å². The molecule has 0 unspecified atom stereocenters. The number of hydrogen-bond donors (Lipinski definition) is 2. The van der Waals surface area contributed by atoms with Crippen LogP contribution < -0.4 is 5.84 Å². The molecule has 2 aliphatic rings. The molecule has 0 radical (unpaired) electrons. The smallest absolute Gasteiger partial charge is 0.130 e. The molecule has 0 spiro atoms. The Morgan fingerprint density at radius 3 is 2.18 bits per heavy atom. The molecule has 64 valence electrons. The summed E-state index contributed by atoms with van der Waals surface area (Å²) >= 11 is 0. The molecular weight excluding hydrogens is 140 g/mol. The van der Waals surface area contributed by atoms with E-state index in [1.807, 2.05) is 0 Å². The summed E-state index contributed by atoms with van der Waals surface area (Å²) in [6.07, 6.45) is 6.32. The fourth-order valence-corrected chi connectivity index (χ4v) is 2.39. The zero-order chi connectivity index (χ0) is 7.90. The summed E-state index contributed by atoms with van der Waals surface area (Å²) in [4.78, 5) is 0. The Balaban J connectivity index is 2.17. The van der Waals surface area contributed by atoms with Crippen LogP contribution in [0.3, 0.4) is 0 Å². The Bertz CT molecular complexity index is 150. The van der Waals surface area contributed by atoms with Crippen LogP contribution in [0, 0.1) is 0 Å². The highest BCUT2D eigenvalue weighted by Crippen LogP contribution is 2.37. The Hall–Kier alpha value is -0.120. The van der Waals surface area contributed by atoms with Crippen molar-refractivity contribution in [3.8, 4) is 0 Å². The maximum absolute atomic E-state index is 9.97. The summed E-state index contributed by atoms with van der Waals surface area (Å²) in [5.41, 5.74) is -0.652. The van der Waals surface area contributed by atoms with Crippen molar-refractivity contribution in [3.63, 3.8) is 0 Å². The molecule has 0 saturated carbocycles. The summed E-state index contributed by atoms with van der Waals surface area (Å²) in [6, 6.07) is 0.447. The van der Waals surface area contributed by atoms with Crippen molar-refractivity contribution in [3.05, 3.63) is 0 Å². The zero-order valence-corrected chi connectivity index (χ0v) is 6.79. The highest BCUT2D eigenvalue weighted by atomic mass is 16.3. The standard InChI is InChI=1S/C8H16N2O/c9-10-7-3-1-5-8(10,11)6-2-4-7/h7,11H,1-6,9H2. The van der Waals surface area contributed by atoms with E-state index < -0.39 is 5.72 Å². The molecule has 2 aliphatic heterocycles. The van der Waals surface area contributed by atoms with Crippen molar-refractivity contribution in [2.45, 2.75) is 50.3 Å². The number of piperidine rings is 2. The molecule has 0 aliphatic carbocycles. The number of hydrogen-bond acceptors (Lipinski definition) is 3. The lowest BCUT2D eigenvalue weighted by Gasteiger charge is -2.49. The highest BCUT2D eigenvalue weighted by Gasteiger charge is 2.42. The highest BCUT2D eigenvalue weighted by molar-refractivity contribution is 4.90. The summed E-state index contributed by atoms with van der Waals surface area (Å²) in [7, 11) is 0. The zero-order valence-electron chi connectivity index (χ0n) is 6.79. The second-order valence-corrected chi connectivity index (χ2v) is 3.83. The number of hydrazine groups is 1. The van der Waals surface area contributed by atoms with Crippen LogP contribution in [-0.4, -0.2) is 21.9 Å². The molecule has 3 N–H and O–H groups in total. The van der Waals surface area contributed by atoms with Crippen molar-refractivity contribution in [1.82, 2.24) is 5.01 Å². The number of fused-ring (bicyclic) bond motifs is 2. The van der Waals surface area contributed by atoms with Crippen LogP contribution in [0.1, 0.15) is 38.5 Å². The monoisotopic (exact) mass is 156 g/mol. The van der Waals surface area contributed by atoms with Crippen LogP contribution in [0.2, 0.25) is 0 Å². The van der Waals surface area contributed by atoms with Gasteiger partial charge in [-0.3, -0.25) is 5.84 Å². The quantitative estimate of drug-likeness (QED) is 0.505. The Morgan fingerprint density at radius 2 is 1.82 bits per heavy atom. The molecule has 2 saturated heterocycles. The molecule has 2 heterocycles. The van der Waals surface area contributed by atoms with Gasteiger partial charge in [0.2, 0.25) is 0 Å². The third kappa shape index (κ3) is 1.08. The van der Waals surface area contributed by atoms with Gasteiger partial charge in [0.25, 0.3) is 0 Å². The van der Waals surface area contributed by atoms with Gasteiger partial charge in [0.1, 0.15) is 5.72 Å². The van der Waals surface area contributed by atoms with Gasteiger partial charge in [-0.2, -0.15) is 0 Å². The molecular formula is C8H16N2O. The molecule has 3 nitrogen and oxygen atoms in total. The van der Waals surface area contributed by atoms with E-state index in [2.05, 4.69) is 0 Å². The lowest BCUT2D eigenvalue weighted by atomic mass is 9.83. The van der Waals surface area contributed by atoms with Gasteiger partial charge in [-0.05, 0) is 38.5 Å². The number of nitrogens with zero attached hydrogens (tertiary/aromatic N) is 1. The fraction of sp³-hybridized carbons (Fsp3) is 1.00. The number of nitrogens with two attached hydrogens (primary N) is 1. The summed E-state index contributed by atoms with van der Waals surface area (Å²) in [5, 5.41) is 11.7. The maximum Gasteiger partial charge on any atom is 0.130 e. The van der Waals surface area contributed by atoms with Crippen LogP contribution >= 0.6 is 0 Å². The minimum Gasteiger partial charge on any atom is -0.374 e. The molecule has 2 bridgehead atoms. The third-order valence-corrected chi connectivity index (χ3v) is 3.10. The maximum atomic E-state index is 9.97. The minimum absolute atomic E-state index is 0.447. The predicted molar refractivity (Wildman–Crippen MR) is 42.5 cm³/mol. The fourth-order valence-electron chi connectivity index (χ4n) is 2.39. The molecule has 0 amide bonds. The normalized spacial score (nSPS) is 45.8. The van der Waals surface area contributed by atoms with Gasteiger partial charge >= 0.3 is 0 Å². The van der Waals surface area contributed by atoms with E-state index in [-0.39, 0.29) is 0 Å². The second kappa shape index (κ2) is 2.44. The van der Waals surface area contributed by atoms with E-state index in [1.54, 1.807) is 5.01 Å². The van der Waals surface area contributed by atoms with Crippen molar-refractivity contribution >= 4 is 0 Å².